The molecule has 9 rings (SSSR count). The molecule has 0 N–H and O–H groups in total. The molecular weight excluding hydrogens is 656 g/mol. The minimum atomic E-state index is -4.82. The van der Waals surface area contributed by atoms with Crippen LogP contribution in [0.25, 0.3) is 77.5 Å². The Labute approximate surface area is 295 Å². The molecule has 3 aromatic heterocycles. The van der Waals surface area contributed by atoms with Crippen molar-refractivity contribution in [1.29, 1.82) is 10.5 Å². The molecule has 246 valence electrons. The first-order valence-corrected chi connectivity index (χ1v) is 16.5. The first kappa shape index (κ1) is 30.9. The summed E-state index contributed by atoms with van der Waals surface area (Å²) >= 11 is 0. The summed E-state index contributed by atoms with van der Waals surface area (Å²) in [5.74, 6) is 0. The Kier molecular flexibility index (Phi) is 6.96. The molecule has 5 nitrogen and oxygen atoms in total. The standard InChI is InChI=1S/C44H24F3N5/c45-44(46,47)43-41(51-37-15-6-4-11-31(37)33-21-27(25-48)17-19-39(33)51)23-30(36-14-8-13-35(50-36)29-9-2-1-3-10-29)24-42(43)52-38-16-7-5-12-32(38)34-22-28(26-49)18-20-40(34)52/h1-24H. The highest BCUT2D eigenvalue weighted by Crippen LogP contribution is 2.46. The average molecular weight is 680 g/mol. The second kappa shape index (κ2) is 11.7. The Morgan fingerprint density at radius 1 is 0.462 bits per heavy atom. The van der Waals surface area contributed by atoms with Crippen molar-refractivity contribution in [2.45, 2.75) is 6.18 Å². The molecule has 0 spiro atoms. The van der Waals surface area contributed by atoms with Crippen LogP contribution < -0.4 is 0 Å². The van der Waals surface area contributed by atoms with Crippen molar-refractivity contribution in [2.75, 3.05) is 0 Å². The van der Waals surface area contributed by atoms with Crippen molar-refractivity contribution in [3.05, 3.63) is 162 Å². The fraction of sp³-hybridized carbons (Fsp3) is 0.0227. The van der Waals surface area contributed by atoms with Crippen molar-refractivity contribution in [2.24, 2.45) is 0 Å². The summed E-state index contributed by atoms with van der Waals surface area (Å²) in [6.07, 6.45) is -4.82. The normalized spacial score (nSPS) is 11.7. The van der Waals surface area contributed by atoms with Gasteiger partial charge in [0, 0.05) is 32.7 Å². The predicted octanol–water partition coefficient (Wildman–Crippen LogP) is 11.4. The van der Waals surface area contributed by atoms with E-state index in [1.807, 2.05) is 66.7 Å². The summed E-state index contributed by atoms with van der Waals surface area (Å²) in [7, 11) is 0. The second-order valence-electron chi connectivity index (χ2n) is 12.6. The zero-order valence-electron chi connectivity index (χ0n) is 27.2. The molecule has 0 aliphatic heterocycles. The van der Waals surface area contributed by atoms with Gasteiger partial charge in [0.05, 0.1) is 68.1 Å². The molecule has 0 aliphatic rings. The fourth-order valence-electron chi connectivity index (χ4n) is 7.37. The number of benzene rings is 6. The van der Waals surface area contributed by atoms with E-state index in [0.29, 0.717) is 60.9 Å². The van der Waals surface area contributed by atoms with Gasteiger partial charge in [-0.3, -0.25) is 0 Å². The lowest BCUT2D eigenvalue weighted by molar-refractivity contribution is -0.137. The summed E-state index contributed by atoms with van der Waals surface area (Å²) in [6.45, 7) is 0. The van der Waals surface area contributed by atoms with Gasteiger partial charge in [-0.15, -0.1) is 0 Å². The number of fused-ring (bicyclic) bond motifs is 6. The molecule has 0 unspecified atom stereocenters. The zero-order chi connectivity index (χ0) is 35.6. The minimum Gasteiger partial charge on any atom is -0.309 e. The van der Waals surface area contributed by atoms with E-state index < -0.39 is 11.7 Å². The number of hydrogen-bond donors (Lipinski definition) is 0. The van der Waals surface area contributed by atoms with Crippen LogP contribution in [0.4, 0.5) is 13.2 Å². The van der Waals surface area contributed by atoms with Crippen molar-refractivity contribution >= 4 is 43.6 Å². The SMILES string of the molecule is N#Cc1ccc2c(c1)c1ccccc1n2-c1cc(-c2cccc(-c3ccccc3)n2)cc(-n2c3ccccc3c3cc(C#N)ccc32)c1C(F)(F)F. The Hall–Kier alpha value is -7.16. The fourth-order valence-corrected chi connectivity index (χ4v) is 7.37. The number of aromatic nitrogens is 3. The van der Waals surface area contributed by atoms with E-state index in [0.717, 1.165) is 16.3 Å². The second-order valence-corrected chi connectivity index (χ2v) is 12.6. The molecule has 52 heavy (non-hydrogen) atoms. The summed E-state index contributed by atoms with van der Waals surface area (Å²) < 4.78 is 51.4. The van der Waals surface area contributed by atoms with E-state index in [-0.39, 0.29) is 11.4 Å². The third kappa shape index (κ3) is 4.81. The third-order valence-electron chi connectivity index (χ3n) is 9.58. The molecule has 9 aromatic rings. The predicted molar refractivity (Wildman–Crippen MR) is 198 cm³/mol. The lowest BCUT2D eigenvalue weighted by atomic mass is 10.0. The molecule has 0 atom stereocenters. The maximum absolute atomic E-state index is 16.0. The average Bonchev–Trinajstić information content (AvgIpc) is 3.69. The number of halogens is 3. The van der Waals surface area contributed by atoms with Crippen LogP contribution in [0.15, 0.2) is 146 Å². The first-order valence-electron chi connectivity index (χ1n) is 16.5. The number of para-hydroxylation sites is 2. The summed E-state index contributed by atoms with van der Waals surface area (Å²) in [5, 5.41) is 22.2. The van der Waals surface area contributed by atoms with Gasteiger partial charge in [0.15, 0.2) is 0 Å². The summed E-state index contributed by atoms with van der Waals surface area (Å²) in [4.78, 5) is 4.97. The lowest BCUT2D eigenvalue weighted by Gasteiger charge is -2.23. The smallest absolute Gasteiger partial charge is 0.309 e. The largest absolute Gasteiger partial charge is 0.420 e. The zero-order valence-corrected chi connectivity index (χ0v) is 27.2. The van der Waals surface area contributed by atoms with Gasteiger partial charge in [0.2, 0.25) is 0 Å². The maximum Gasteiger partial charge on any atom is 0.420 e. The van der Waals surface area contributed by atoms with Crippen LogP contribution in [0.3, 0.4) is 0 Å². The van der Waals surface area contributed by atoms with Gasteiger partial charge in [-0.2, -0.15) is 23.7 Å². The molecule has 6 aromatic carbocycles. The molecule has 3 heterocycles. The Bertz CT molecular complexity index is 2820. The van der Waals surface area contributed by atoms with E-state index in [4.69, 9.17) is 4.98 Å². The lowest BCUT2D eigenvalue weighted by Crippen LogP contribution is -2.16. The number of rotatable bonds is 4. The number of pyridine rings is 1. The van der Waals surface area contributed by atoms with Gasteiger partial charge in [-0.05, 0) is 72.8 Å². The third-order valence-corrected chi connectivity index (χ3v) is 9.58. The quantitative estimate of drug-likeness (QED) is 0.186. The Morgan fingerprint density at radius 2 is 0.923 bits per heavy atom. The molecule has 0 saturated carbocycles. The summed E-state index contributed by atoms with van der Waals surface area (Å²) in [5.41, 5.74) is 4.54. The van der Waals surface area contributed by atoms with E-state index in [2.05, 4.69) is 12.1 Å². The highest BCUT2D eigenvalue weighted by atomic mass is 19.4. The molecule has 0 amide bonds. The van der Waals surface area contributed by atoms with Gasteiger partial charge < -0.3 is 9.13 Å². The van der Waals surface area contributed by atoms with Crippen LogP contribution in [0.2, 0.25) is 0 Å². The molecule has 8 heteroatoms. The Balaban J connectivity index is 1.46. The van der Waals surface area contributed by atoms with Gasteiger partial charge in [0.1, 0.15) is 5.56 Å². The van der Waals surface area contributed by atoms with E-state index >= 15 is 13.2 Å². The van der Waals surface area contributed by atoms with Crippen LogP contribution in [-0.4, -0.2) is 14.1 Å². The van der Waals surface area contributed by atoms with Gasteiger partial charge in [0.25, 0.3) is 0 Å². The topological polar surface area (TPSA) is 70.3 Å². The molecule has 0 saturated heterocycles. The monoisotopic (exact) mass is 679 g/mol. The Morgan fingerprint density at radius 3 is 1.42 bits per heavy atom. The van der Waals surface area contributed by atoms with Crippen molar-refractivity contribution in [3.63, 3.8) is 0 Å². The summed E-state index contributed by atoms with van der Waals surface area (Å²) in [6, 6.07) is 47.3. The molecular formula is C44H24F3N5. The molecule has 0 aliphatic carbocycles. The number of nitrogens with zero attached hydrogens (tertiary/aromatic N) is 5. The number of alkyl halides is 3. The van der Waals surface area contributed by atoms with E-state index in [1.165, 1.54) is 0 Å². The van der Waals surface area contributed by atoms with Crippen LogP contribution in [0.1, 0.15) is 16.7 Å². The highest BCUT2D eigenvalue weighted by Gasteiger charge is 2.39. The van der Waals surface area contributed by atoms with Gasteiger partial charge in [-0.1, -0.05) is 72.8 Å². The van der Waals surface area contributed by atoms with Crippen molar-refractivity contribution < 1.29 is 13.2 Å². The van der Waals surface area contributed by atoms with E-state index in [9.17, 15) is 10.5 Å². The molecule has 0 fully saturated rings. The highest BCUT2D eigenvalue weighted by molar-refractivity contribution is 6.11. The van der Waals surface area contributed by atoms with Crippen LogP contribution in [0, 0.1) is 22.7 Å². The maximum atomic E-state index is 16.0. The molecule has 0 radical (unpaired) electrons. The minimum absolute atomic E-state index is 0.0811. The van der Waals surface area contributed by atoms with Crippen molar-refractivity contribution in [1.82, 2.24) is 14.1 Å². The van der Waals surface area contributed by atoms with Gasteiger partial charge >= 0.3 is 6.18 Å². The van der Waals surface area contributed by atoms with Crippen LogP contribution >= 0.6 is 0 Å². The van der Waals surface area contributed by atoms with Crippen LogP contribution in [-0.2, 0) is 6.18 Å². The molecule has 0 bridgehead atoms. The van der Waals surface area contributed by atoms with Gasteiger partial charge in [-0.25, -0.2) is 4.98 Å². The number of nitriles is 2. The van der Waals surface area contributed by atoms with Crippen molar-refractivity contribution in [3.8, 4) is 46.0 Å². The number of hydrogen-bond acceptors (Lipinski definition) is 3. The first-order chi connectivity index (χ1) is 25.3. The van der Waals surface area contributed by atoms with E-state index in [1.54, 1.807) is 88.0 Å². The van der Waals surface area contributed by atoms with Crippen LogP contribution in [0.5, 0.6) is 0 Å².